The van der Waals surface area contributed by atoms with Crippen molar-refractivity contribution in [2.75, 3.05) is 5.32 Å². The molecule has 25 heavy (non-hydrogen) atoms. The molecule has 1 heterocycles. The van der Waals surface area contributed by atoms with E-state index in [4.69, 9.17) is 16.1 Å². The van der Waals surface area contributed by atoms with Gasteiger partial charge in [0, 0.05) is 11.3 Å². The Hall–Kier alpha value is -2.80. The van der Waals surface area contributed by atoms with Crippen molar-refractivity contribution < 1.29 is 22.5 Å². The molecule has 0 fully saturated rings. The fourth-order valence-corrected chi connectivity index (χ4v) is 2.43. The molecule has 3 rings (SSSR count). The Morgan fingerprint density at radius 2 is 1.88 bits per heavy atom. The predicted octanol–water partition coefficient (Wildman–Crippen LogP) is 5.27. The van der Waals surface area contributed by atoms with Crippen LogP contribution < -0.4 is 5.32 Å². The van der Waals surface area contributed by atoms with Crippen molar-refractivity contribution in [3.05, 3.63) is 70.9 Å². The molecule has 1 N–H and O–H groups in total. The summed E-state index contributed by atoms with van der Waals surface area (Å²) in [6.07, 6.45) is -3.32. The first-order chi connectivity index (χ1) is 11.9. The zero-order chi connectivity index (χ0) is 18.0. The van der Waals surface area contributed by atoms with Crippen molar-refractivity contribution in [1.29, 1.82) is 0 Å². The highest BCUT2D eigenvalue weighted by molar-refractivity contribution is 6.33. The van der Waals surface area contributed by atoms with Gasteiger partial charge >= 0.3 is 6.18 Å². The number of hydrogen-bond acceptors (Lipinski definition) is 3. The van der Waals surface area contributed by atoms with E-state index in [-0.39, 0.29) is 17.0 Å². The topological polar surface area (TPSA) is 55.1 Å². The average Bonchev–Trinajstić information content (AvgIpc) is 3.04. The van der Waals surface area contributed by atoms with Crippen molar-refractivity contribution in [2.24, 2.45) is 0 Å². The summed E-state index contributed by atoms with van der Waals surface area (Å²) < 4.78 is 43.4. The van der Waals surface area contributed by atoms with E-state index < -0.39 is 17.6 Å². The summed E-state index contributed by atoms with van der Waals surface area (Å²) in [5.74, 6) is -0.523. The summed E-state index contributed by atoms with van der Waals surface area (Å²) in [4.78, 5) is 12.4. The summed E-state index contributed by atoms with van der Waals surface area (Å²) in [5.41, 5.74) is -0.338. The molecular weight excluding hydrogens is 357 g/mol. The number of aromatic nitrogens is 1. The van der Waals surface area contributed by atoms with Crippen LogP contribution in [-0.4, -0.2) is 11.1 Å². The summed E-state index contributed by atoms with van der Waals surface area (Å²) in [6.45, 7) is 0. The Balaban J connectivity index is 1.89. The van der Waals surface area contributed by atoms with Crippen LogP contribution in [0.3, 0.4) is 0 Å². The highest BCUT2D eigenvalue weighted by atomic mass is 35.5. The summed E-state index contributed by atoms with van der Waals surface area (Å²) >= 11 is 6.08. The molecule has 8 heteroatoms. The van der Waals surface area contributed by atoms with Gasteiger partial charge in [-0.3, -0.25) is 4.79 Å². The smallest absolute Gasteiger partial charge is 0.355 e. The quantitative estimate of drug-likeness (QED) is 0.687. The number of benzene rings is 2. The molecule has 1 amide bonds. The Kier molecular flexibility index (Phi) is 4.50. The van der Waals surface area contributed by atoms with Gasteiger partial charge in [-0.15, -0.1) is 0 Å². The number of anilines is 1. The number of carbonyl (C=O) groups is 1. The monoisotopic (exact) mass is 366 g/mol. The number of hydrogen-bond donors (Lipinski definition) is 1. The molecule has 0 saturated heterocycles. The maximum Gasteiger partial charge on any atom is 0.416 e. The zero-order valence-corrected chi connectivity index (χ0v) is 13.2. The Bertz CT molecular complexity index is 922. The summed E-state index contributed by atoms with van der Waals surface area (Å²) in [7, 11) is 0. The molecule has 128 valence electrons. The van der Waals surface area contributed by atoms with Gasteiger partial charge < -0.3 is 9.84 Å². The fraction of sp³-hybridized carbons (Fsp3) is 0.0588. The molecule has 0 aliphatic heterocycles. The molecule has 0 spiro atoms. The van der Waals surface area contributed by atoms with Gasteiger partial charge in [-0.25, -0.2) is 0 Å². The van der Waals surface area contributed by atoms with Crippen molar-refractivity contribution >= 4 is 23.2 Å². The largest absolute Gasteiger partial charge is 0.416 e. The average molecular weight is 367 g/mol. The second-order valence-corrected chi connectivity index (χ2v) is 5.49. The van der Waals surface area contributed by atoms with E-state index in [1.54, 1.807) is 24.3 Å². The van der Waals surface area contributed by atoms with E-state index in [0.717, 1.165) is 12.1 Å². The van der Waals surface area contributed by atoms with Crippen molar-refractivity contribution in [1.82, 2.24) is 5.16 Å². The van der Waals surface area contributed by atoms with Crippen LogP contribution in [0.4, 0.5) is 18.9 Å². The Labute approximate surface area is 145 Å². The van der Waals surface area contributed by atoms with Crippen molar-refractivity contribution in [3.8, 4) is 11.3 Å². The van der Waals surface area contributed by atoms with Crippen LogP contribution in [0.5, 0.6) is 0 Å². The molecule has 2 aromatic carbocycles. The second kappa shape index (κ2) is 6.60. The summed E-state index contributed by atoms with van der Waals surface area (Å²) in [6, 6.07) is 11.0. The Morgan fingerprint density at radius 1 is 1.12 bits per heavy atom. The van der Waals surface area contributed by atoms with Gasteiger partial charge in [-0.1, -0.05) is 35.0 Å². The molecule has 1 aromatic heterocycles. The minimum Gasteiger partial charge on any atom is -0.355 e. The predicted molar refractivity (Wildman–Crippen MR) is 86.3 cm³/mol. The third kappa shape index (κ3) is 3.66. The first-order valence-electron chi connectivity index (χ1n) is 7.04. The molecular formula is C17H10ClF3N2O2. The number of rotatable bonds is 3. The highest BCUT2D eigenvalue weighted by Gasteiger charge is 2.30. The molecule has 0 atom stereocenters. The van der Waals surface area contributed by atoms with E-state index in [0.29, 0.717) is 10.6 Å². The molecule has 0 aliphatic carbocycles. The lowest BCUT2D eigenvalue weighted by atomic mass is 10.1. The second-order valence-electron chi connectivity index (χ2n) is 5.08. The number of carbonyl (C=O) groups excluding carboxylic acids is 1. The first kappa shape index (κ1) is 17.0. The van der Waals surface area contributed by atoms with Crippen LogP contribution in [0.2, 0.25) is 5.02 Å². The minimum atomic E-state index is -4.50. The van der Waals surface area contributed by atoms with Crippen LogP contribution in [0.1, 0.15) is 15.9 Å². The Morgan fingerprint density at radius 3 is 2.60 bits per heavy atom. The molecule has 3 aromatic rings. The molecule has 0 aliphatic rings. The molecule has 0 bridgehead atoms. The SMILES string of the molecule is O=C(Nc1cccc(C(F)(F)F)c1)c1cnoc1-c1ccccc1Cl. The lowest BCUT2D eigenvalue weighted by Gasteiger charge is -2.10. The highest BCUT2D eigenvalue weighted by Crippen LogP contribution is 2.32. The maximum absolute atomic E-state index is 12.8. The van der Waals surface area contributed by atoms with Crippen molar-refractivity contribution in [2.45, 2.75) is 6.18 Å². The van der Waals surface area contributed by atoms with E-state index >= 15 is 0 Å². The molecule has 0 unspecified atom stereocenters. The van der Waals surface area contributed by atoms with E-state index in [1.807, 2.05) is 0 Å². The first-order valence-corrected chi connectivity index (χ1v) is 7.42. The van der Waals surface area contributed by atoms with Gasteiger partial charge in [0.15, 0.2) is 5.76 Å². The number of halogens is 4. The number of nitrogens with zero attached hydrogens (tertiary/aromatic N) is 1. The van der Waals surface area contributed by atoms with Crippen LogP contribution in [0, 0.1) is 0 Å². The van der Waals surface area contributed by atoms with Gasteiger partial charge in [0.25, 0.3) is 5.91 Å². The summed E-state index contributed by atoms with van der Waals surface area (Å²) in [5, 5.41) is 6.34. The van der Waals surface area contributed by atoms with Gasteiger partial charge in [0.2, 0.25) is 0 Å². The lowest BCUT2D eigenvalue weighted by molar-refractivity contribution is -0.137. The van der Waals surface area contributed by atoms with E-state index in [2.05, 4.69) is 10.5 Å². The van der Waals surface area contributed by atoms with Crippen LogP contribution in [0.25, 0.3) is 11.3 Å². The van der Waals surface area contributed by atoms with Crippen molar-refractivity contribution in [3.63, 3.8) is 0 Å². The molecule has 0 saturated carbocycles. The minimum absolute atomic E-state index is 0.00568. The number of alkyl halides is 3. The zero-order valence-electron chi connectivity index (χ0n) is 12.5. The number of nitrogens with one attached hydrogen (secondary N) is 1. The maximum atomic E-state index is 12.8. The lowest BCUT2D eigenvalue weighted by Crippen LogP contribution is -2.13. The van der Waals surface area contributed by atoms with Gasteiger partial charge in [0.05, 0.1) is 16.8 Å². The van der Waals surface area contributed by atoms with Crippen LogP contribution >= 0.6 is 11.6 Å². The van der Waals surface area contributed by atoms with E-state index in [1.165, 1.54) is 18.3 Å². The number of amides is 1. The van der Waals surface area contributed by atoms with Crippen LogP contribution in [-0.2, 0) is 6.18 Å². The van der Waals surface area contributed by atoms with Gasteiger partial charge in [-0.05, 0) is 30.3 Å². The van der Waals surface area contributed by atoms with Gasteiger partial charge in [-0.2, -0.15) is 13.2 Å². The van der Waals surface area contributed by atoms with E-state index in [9.17, 15) is 18.0 Å². The normalized spacial score (nSPS) is 11.4. The fourth-order valence-electron chi connectivity index (χ4n) is 2.21. The third-order valence-corrected chi connectivity index (χ3v) is 3.71. The standard InChI is InChI=1S/C17H10ClF3N2O2/c18-14-7-2-1-6-12(14)15-13(9-22-25-15)16(24)23-11-5-3-4-10(8-11)17(19,20)21/h1-9H,(H,23,24). The van der Waals surface area contributed by atoms with Gasteiger partial charge in [0.1, 0.15) is 5.56 Å². The molecule has 0 radical (unpaired) electrons. The molecule has 4 nitrogen and oxygen atoms in total. The van der Waals surface area contributed by atoms with Crippen LogP contribution in [0.15, 0.2) is 59.3 Å². The third-order valence-electron chi connectivity index (χ3n) is 3.38.